The lowest BCUT2D eigenvalue weighted by atomic mass is 10.1. The highest BCUT2D eigenvalue weighted by molar-refractivity contribution is 5.14. The van der Waals surface area contributed by atoms with E-state index in [4.69, 9.17) is 0 Å². The molecule has 0 fully saturated rings. The van der Waals surface area contributed by atoms with Crippen LogP contribution in [0, 0.1) is 6.92 Å². The first-order valence-corrected chi connectivity index (χ1v) is 5.18. The van der Waals surface area contributed by atoms with Gasteiger partial charge in [0.1, 0.15) is 11.4 Å². The van der Waals surface area contributed by atoms with Crippen LogP contribution in [-0.2, 0) is 6.54 Å². The quantitative estimate of drug-likeness (QED) is 0.844. The zero-order valence-corrected chi connectivity index (χ0v) is 9.34. The largest absolute Gasteiger partial charge is 0.304 e. The van der Waals surface area contributed by atoms with E-state index in [1.807, 2.05) is 19.1 Å². The molecule has 1 N–H and O–H groups in total. The molecule has 0 amide bonds. The van der Waals surface area contributed by atoms with Crippen molar-refractivity contribution in [2.24, 2.45) is 0 Å². The Balaban J connectivity index is 1.94. The van der Waals surface area contributed by atoms with Crippen molar-refractivity contribution in [2.45, 2.75) is 26.4 Å². The molecule has 0 radical (unpaired) electrons. The van der Waals surface area contributed by atoms with Crippen LogP contribution >= 0.6 is 0 Å². The second kappa shape index (κ2) is 4.85. The molecule has 0 aliphatic rings. The average Bonchev–Trinajstić information content (AvgIpc) is 2.73. The highest BCUT2D eigenvalue weighted by atomic mass is 16.6. The highest BCUT2D eigenvalue weighted by Gasteiger charge is 2.08. The standard InChI is InChI=1S/C11H14N4O/c1-8(10-3-5-12-6-4-10)13-7-11-9(2)14-16-15-11/h3-6,8,13H,7H2,1-2H3. The monoisotopic (exact) mass is 218 g/mol. The van der Waals surface area contributed by atoms with Crippen LogP contribution in [0.3, 0.4) is 0 Å². The molecule has 1 unspecified atom stereocenters. The Hall–Kier alpha value is -1.75. The van der Waals surface area contributed by atoms with Gasteiger partial charge in [0, 0.05) is 25.0 Å². The molecule has 84 valence electrons. The van der Waals surface area contributed by atoms with Crippen molar-refractivity contribution in [1.82, 2.24) is 20.6 Å². The minimum atomic E-state index is 0.249. The van der Waals surface area contributed by atoms with Crippen LogP contribution in [0.5, 0.6) is 0 Å². The molecule has 16 heavy (non-hydrogen) atoms. The van der Waals surface area contributed by atoms with E-state index in [1.165, 1.54) is 5.56 Å². The molecule has 0 bridgehead atoms. The second-order valence-corrected chi connectivity index (χ2v) is 3.68. The van der Waals surface area contributed by atoms with E-state index in [9.17, 15) is 0 Å². The van der Waals surface area contributed by atoms with E-state index >= 15 is 0 Å². The lowest BCUT2D eigenvalue weighted by molar-refractivity contribution is 0.300. The lowest BCUT2D eigenvalue weighted by Gasteiger charge is -2.12. The molecule has 2 rings (SSSR count). The summed E-state index contributed by atoms with van der Waals surface area (Å²) in [4.78, 5) is 3.99. The zero-order valence-electron chi connectivity index (χ0n) is 9.34. The highest BCUT2D eigenvalue weighted by Crippen LogP contribution is 2.11. The van der Waals surface area contributed by atoms with Crippen molar-refractivity contribution < 1.29 is 4.63 Å². The summed E-state index contributed by atoms with van der Waals surface area (Å²) in [5, 5.41) is 10.9. The number of aromatic nitrogens is 3. The Morgan fingerprint density at radius 3 is 2.69 bits per heavy atom. The average molecular weight is 218 g/mol. The Morgan fingerprint density at radius 2 is 2.06 bits per heavy atom. The zero-order chi connectivity index (χ0) is 11.4. The second-order valence-electron chi connectivity index (χ2n) is 3.68. The topological polar surface area (TPSA) is 63.8 Å². The fourth-order valence-electron chi connectivity index (χ4n) is 1.43. The van der Waals surface area contributed by atoms with Gasteiger partial charge < -0.3 is 5.32 Å². The third-order valence-electron chi connectivity index (χ3n) is 2.53. The van der Waals surface area contributed by atoms with Gasteiger partial charge in [-0.15, -0.1) is 0 Å². The smallest absolute Gasteiger partial charge is 0.121 e. The van der Waals surface area contributed by atoms with E-state index in [2.05, 4.69) is 32.2 Å². The predicted molar refractivity (Wildman–Crippen MR) is 58.5 cm³/mol. The molecular weight excluding hydrogens is 204 g/mol. The molecule has 5 nitrogen and oxygen atoms in total. The van der Waals surface area contributed by atoms with Gasteiger partial charge in [-0.25, -0.2) is 4.63 Å². The normalized spacial score (nSPS) is 12.6. The first-order chi connectivity index (χ1) is 7.77. The number of aryl methyl sites for hydroxylation is 1. The fourth-order valence-corrected chi connectivity index (χ4v) is 1.43. The van der Waals surface area contributed by atoms with Crippen LogP contribution in [0.4, 0.5) is 0 Å². The summed E-state index contributed by atoms with van der Waals surface area (Å²) in [5.74, 6) is 0. The summed E-state index contributed by atoms with van der Waals surface area (Å²) < 4.78 is 4.63. The van der Waals surface area contributed by atoms with Crippen molar-refractivity contribution in [3.8, 4) is 0 Å². The maximum absolute atomic E-state index is 4.63. The summed E-state index contributed by atoms with van der Waals surface area (Å²) in [6.45, 7) is 4.63. The fraction of sp³-hybridized carbons (Fsp3) is 0.364. The van der Waals surface area contributed by atoms with Crippen LogP contribution < -0.4 is 5.32 Å². The van der Waals surface area contributed by atoms with Gasteiger partial charge in [-0.2, -0.15) is 0 Å². The first kappa shape index (κ1) is 10.8. The maximum atomic E-state index is 4.63. The molecule has 0 aliphatic heterocycles. The van der Waals surface area contributed by atoms with Gasteiger partial charge in [0.15, 0.2) is 0 Å². The van der Waals surface area contributed by atoms with Crippen molar-refractivity contribution in [3.05, 3.63) is 41.5 Å². The van der Waals surface area contributed by atoms with Gasteiger partial charge in [-0.05, 0) is 31.5 Å². The van der Waals surface area contributed by atoms with Crippen LogP contribution in [0.15, 0.2) is 29.2 Å². The molecule has 0 saturated carbocycles. The summed E-state index contributed by atoms with van der Waals surface area (Å²) >= 11 is 0. The summed E-state index contributed by atoms with van der Waals surface area (Å²) in [5.41, 5.74) is 2.87. The van der Waals surface area contributed by atoms with Gasteiger partial charge in [0.2, 0.25) is 0 Å². The van der Waals surface area contributed by atoms with Gasteiger partial charge in [-0.3, -0.25) is 4.98 Å². The van der Waals surface area contributed by atoms with Crippen LogP contribution in [0.2, 0.25) is 0 Å². The number of hydrogen-bond donors (Lipinski definition) is 1. The number of rotatable bonds is 4. The molecule has 2 aromatic rings. The van der Waals surface area contributed by atoms with Crippen LogP contribution in [0.1, 0.15) is 29.9 Å². The number of nitrogens with zero attached hydrogens (tertiary/aromatic N) is 3. The van der Waals surface area contributed by atoms with Crippen LogP contribution in [0.25, 0.3) is 0 Å². The molecule has 0 aliphatic carbocycles. The summed E-state index contributed by atoms with van der Waals surface area (Å²) in [6, 6.07) is 4.23. The Morgan fingerprint density at radius 1 is 1.31 bits per heavy atom. The Kier molecular flexibility index (Phi) is 3.26. The third-order valence-corrected chi connectivity index (χ3v) is 2.53. The number of hydrogen-bond acceptors (Lipinski definition) is 5. The van der Waals surface area contributed by atoms with Crippen molar-refractivity contribution in [3.63, 3.8) is 0 Å². The van der Waals surface area contributed by atoms with Gasteiger partial charge in [0.05, 0.1) is 0 Å². The number of pyridine rings is 1. The predicted octanol–water partition coefficient (Wildman–Crippen LogP) is 1.62. The molecule has 2 aromatic heterocycles. The third kappa shape index (κ3) is 2.43. The lowest BCUT2D eigenvalue weighted by Crippen LogP contribution is -2.18. The molecule has 0 spiro atoms. The van der Waals surface area contributed by atoms with E-state index in [0.29, 0.717) is 6.54 Å². The molecule has 0 aromatic carbocycles. The molecule has 2 heterocycles. The van der Waals surface area contributed by atoms with E-state index in [0.717, 1.165) is 11.4 Å². The Bertz CT molecular complexity index is 440. The van der Waals surface area contributed by atoms with Gasteiger partial charge >= 0.3 is 0 Å². The molecule has 1 atom stereocenters. The Labute approximate surface area is 93.9 Å². The maximum Gasteiger partial charge on any atom is 0.121 e. The van der Waals surface area contributed by atoms with E-state index < -0.39 is 0 Å². The van der Waals surface area contributed by atoms with Crippen molar-refractivity contribution in [2.75, 3.05) is 0 Å². The molecular formula is C11H14N4O. The SMILES string of the molecule is Cc1nonc1CNC(C)c1ccncc1. The van der Waals surface area contributed by atoms with Crippen molar-refractivity contribution >= 4 is 0 Å². The van der Waals surface area contributed by atoms with E-state index in [-0.39, 0.29) is 6.04 Å². The summed E-state index contributed by atoms with van der Waals surface area (Å²) in [7, 11) is 0. The van der Waals surface area contributed by atoms with Gasteiger partial charge in [0.25, 0.3) is 0 Å². The minimum absolute atomic E-state index is 0.249. The first-order valence-electron chi connectivity index (χ1n) is 5.18. The van der Waals surface area contributed by atoms with Gasteiger partial charge in [-0.1, -0.05) is 10.3 Å². The van der Waals surface area contributed by atoms with Crippen LogP contribution in [-0.4, -0.2) is 15.3 Å². The minimum Gasteiger partial charge on any atom is -0.304 e. The molecule has 5 heteroatoms. The van der Waals surface area contributed by atoms with Crippen molar-refractivity contribution in [1.29, 1.82) is 0 Å². The molecule has 0 saturated heterocycles. The number of nitrogens with one attached hydrogen (secondary N) is 1. The van der Waals surface area contributed by atoms with E-state index in [1.54, 1.807) is 12.4 Å². The summed E-state index contributed by atoms with van der Waals surface area (Å²) in [6.07, 6.45) is 3.58.